The van der Waals surface area contributed by atoms with Gasteiger partial charge in [0.2, 0.25) is 5.91 Å². The lowest BCUT2D eigenvalue weighted by Gasteiger charge is -2.07. The second-order valence-electron chi connectivity index (χ2n) is 7.14. The topological polar surface area (TPSA) is 64.6 Å². The van der Waals surface area contributed by atoms with Crippen molar-refractivity contribution in [3.8, 4) is 16.9 Å². The van der Waals surface area contributed by atoms with Crippen molar-refractivity contribution >= 4 is 34.3 Å². The summed E-state index contributed by atoms with van der Waals surface area (Å²) >= 11 is 1.30. The summed E-state index contributed by atoms with van der Waals surface area (Å²) in [5, 5.41) is 5.14. The van der Waals surface area contributed by atoms with Crippen LogP contribution in [0, 0.1) is 0 Å². The number of methoxy groups -OCH3 is 1. The van der Waals surface area contributed by atoms with Gasteiger partial charge >= 0.3 is 5.97 Å². The van der Waals surface area contributed by atoms with Gasteiger partial charge in [-0.1, -0.05) is 50.2 Å². The largest absolute Gasteiger partial charge is 0.494 e. The molecule has 0 saturated carbocycles. The number of amides is 1. The number of nitrogens with one attached hydrogen (secondary N) is 1. The van der Waals surface area contributed by atoms with Crippen molar-refractivity contribution in [3.05, 3.63) is 76.7 Å². The third-order valence-corrected chi connectivity index (χ3v) is 5.77. The molecule has 0 saturated heterocycles. The fourth-order valence-corrected chi connectivity index (χ4v) is 4.07. The van der Waals surface area contributed by atoms with E-state index in [1.165, 1.54) is 30.1 Å². The van der Waals surface area contributed by atoms with Crippen LogP contribution in [-0.2, 0) is 16.0 Å². The van der Waals surface area contributed by atoms with Gasteiger partial charge in [-0.2, -0.15) is 0 Å². The summed E-state index contributed by atoms with van der Waals surface area (Å²) in [6, 6.07) is 15.5. The van der Waals surface area contributed by atoms with E-state index in [4.69, 9.17) is 9.47 Å². The highest BCUT2D eigenvalue weighted by molar-refractivity contribution is 7.15. The van der Waals surface area contributed by atoms with Crippen LogP contribution in [0.1, 0.15) is 41.8 Å². The first-order valence-electron chi connectivity index (χ1n) is 10.6. The number of aryl methyl sites for hydroxylation is 1. The molecule has 0 aliphatic rings. The van der Waals surface area contributed by atoms with Crippen molar-refractivity contribution < 1.29 is 19.1 Å². The first-order valence-corrected chi connectivity index (χ1v) is 11.4. The zero-order chi connectivity index (χ0) is 22.9. The van der Waals surface area contributed by atoms with Gasteiger partial charge in [-0.05, 0) is 47.7 Å². The maximum Gasteiger partial charge on any atom is 0.341 e. The quantitative estimate of drug-likeness (QED) is 0.312. The molecule has 2 aromatic carbocycles. The molecule has 1 aromatic heterocycles. The van der Waals surface area contributed by atoms with E-state index in [1.54, 1.807) is 6.08 Å². The minimum Gasteiger partial charge on any atom is -0.494 e. The molecule has 0 radical (unpaired) electrons. The van der Waals surface area contributed by atoms with Crippen LogP contribution in [-0.4, -0.2) is 25.6 Å². The van der Waals surface area contributed by atoms with Crippen LogP contribution in [0.5, 0.6) is 5.75 Å². The van der Waals surface area contributed by atoms with Gasteiger partial charge in [0.15, 0.2) is 0 Å². The van der Waals surface area contributed by atoms with E-state index in [0.717, 1.165) is 35.3 Å². The standard InChI is InChI=1S/C26H27NO4S/c1-4-16-31-21-13-8-19(9-14-21)10-15-23(28)27-25-24(26(29)30-3)22(17-32-25)20-11-6-18(5-2)7-12-20/h6-15,17H,4-5,16H2,1-3H3,(H,27,28)/b15-10+. The lowest BCUT2D eigenvalue weighted by molar-refractivity contribution is -0.111. The number of hydrogen-bond acceptors (Lipinski definition) is 5. The highest BCUT2D eigenvalue weighted by atomic mass is 32.1. The Kier molecular flexibility index (Phi) is 8.22. The van der Waals surface area contributed by atoms with Crippen LogP contribution in [0.15, 0.2) is 60.0 Å². The third-order valence-electron chi connectivity index (χ3n) is 4.87. The molecule has 0 bridgehead atoms. The summed E-state index contributed by atoms with van der Waals surface area (Å²) in [5.74, 6) is -0.00628. The highest BCUT2D eigenvalue weighted by Crippen LogP contribution is 2.36. The number of hydrogen-bond donors (Lipinski definition) is 1. The van der Waals surface area contributed by atoms with Gasteiger partial charge in [-0.25, -0.2) is 4.79 Å². The molecule has 1 heterocycles. The maximum atomic E-state index is 12.5. The monoisotopic (exact) mass is 449 g/mol. The van der Waals surface area contributed by atoms with Crippen LogP contribution >= 0.6 is 11.3 Å². The van der Waals surface area contributed by atoms with Gasteiger partial charge < -0.3 is 14.8 Å². The molecule has 1 amide bonds. The summed E-state index contributed by atoms with van der Waals surface area (Å²) in [7, 11) is 1.34. The van der Waals surface area contributed by atoms with E-state index in [-0.39, 0.29) is 5.91 Å². The van der Waals surface area contributed by atoms with Crippen molar-refractivity contribution in [1.82, 2.24) is 0 Å². The van der Waals surface area contributed by atoms with E-state index in [9.17, 15) is 9.59 Å². The summed E-state index contributed by atoms with van der Waals surface area (Å²) < 4.78 is 10.5. The minimum atomic E-state index is -0.484. The van der Waals surface area contributed by atoms with Crippen LogP contribution in [0.2, 0.25) is 0 Å². The van der Waals surface area contributed by atoms with Gasteiger partial charge in [0.1, 0.15) is 16.3 Å². The Hall–Kier alpha value is -3.38. The average molecular weight is 450 g/mol. The van der Waals surface area contributed by atoms with E-state index in [0.29, 0.717) is 17.2 Å². The van der Waals surface area contributed by atoms with E-state index < -0.39 is 5.97 Å². The first-order chi connectivity index (χ1) is 15.5. The molecule has 32 heavy (non-hydrogen) atoms. The first kappa shape index (κ1) is 23.3. The molecule has 0 aliphatic carbocycles. The number of anilines is 1. The molecule has 0 spiro atoms. The SMILES string of the molecule is CCCOc1ccc(/C=C/C(=O)Nc2scc(-c3ccc(CC)cc3)c2C(=O)OC)cc1. The second kappa shape index (κ2) is 11.3. The minimum absolute atomic E-state index is 0.323. The van der Waals surface area contributed by atoms with Crippen molar-refractivity contribution in [3.63, 3.8) is 0 Å². The number of carbonyl (C=O) groups excluding carboxylic acids is 2. The molecule has 0 fully saturated rings. The lowest BCUT2D eigenvalue weighted by Crippen LogP contribution is -2.11. The zero-order valence-corrected chi connectivity index (χ0v) is 19.3. The van der Waals surface area contributed by atoms with Crippen LogP contribution < -0.4 is 10.1 Å². The Labute approximate surface area is 192 Å². The number of ether oxygens (including phenoxy) is 2. The van der Waals surface area contributed by atoms with Crippen molar-refractivity contribution in [2.75, 3.05) is 19.0 Å². The van der Waals surface area contributed by atoms with Crippen molar-refractivity contribution in [2.45, 2.75) is 26.7 Å². The Bertz CT molecular complexity index is 1080. The van der Waals surface area contributed by atoms with Gasteiger partial charge in [0.25, 0.3) is 0 Å². The summed E-state index contributed by atoms with van der Waals surface area (Å²) in [6.45, 7) is 4.82. The van der Waals surface area contributed by atoms with Gasteiger partial charge in [-0.15, -0.1) is 11.3 Å². The molecular weight excluding hydrogens is 422 g/mol. The molecule has 3 rings (SSSR count). The Morgan fingerprint density at radius 3 is 2.38 bits per heavy atom. The van der Waals surface area contributed by atoms with Gasteiger partial charge in [0.05, 0.1) is 13.7 Å². The Balaban J connectivity index is 1.75. The van der Waals surface area contributed by atoms with E-state index in [1.807, 2.05) is 53.9 Å². The fraction of sp³-hybridized carbons (Fsp3) is 0.231. The molecule has 1 N–H and O–H groups in total. The average Bonchev–Trinajstić information content (AvgIpc) is 3.25. The number of carbonyl (C=O) groups is 2. The summed E-state index contributed by atoms with van der Waals surface area (Å²) in [6.07, 6.45) is 5.05. The summed E-state index contributed by atoms with van der Waals surface area (Å²) in [5.41, 5.74) is 4.10. The number of benzene rings is 2. The maximum absolute atomic E-state index is 12.5. The second-order valence-corrected chi connectivity index (χ2v) is 8.02. The van der Waals surface area contributed by atoms with Crippen molar-refractivity contribution in [2.24, 2.45) is 0 Å². The fourth-order valence-electron chi connectivity index (χ4n) is 3.11. The molecule has 3 aromatic rings. The lowest BCUT2D eigenvalue weighted by atomic mass is 10.0. The predicted octanol–water partition coefficient (Wildman–Crippen LogP) is 6.20. The predicted molar refractivity (Wildman–Crippen MR) is 130 cm³/mol. The molecule has 166 valence electrons. The van der Waals surface area contributed by atoms with E-state index in [2.05, 4.69) is 19.2 Å². The van der Waals surface area contributed by atoms with E-state index >= 15 is 0 Å². The number of thiophene rings is 1. The smallest absolute Gasteiger partial charge is 0.341 e. The van der Waals surface area contributed by atoms with Crippen LogP contribution in [0.3, 0.4) is 0 Å². The zero-order valence-electron chi connectivity index (χ0n) is 18.5. The van der Waals surface area contributed by atoms with Crippen LogP contribution in [0.25, 0.3) is 17.2 Å². The molecule has 5 nitrogen and oxygen atoms in total. The van der Waals surface area contributed by atoms with Gasteiger partial charge in [-0.3, -0.25) is 4.79 Å². The van der Waals surface area contributed by atoms with Gasteiger partial charge in [0, 0.05) is 17.0 Å². The Morgan fingerprint density at radius 2 is 1.75 bits per heavy atom. The summed E-state index contributed by atoms with van der Waals surface area (Å²) in [4.78, 5) is 25.0. The molecule has 0 aliphatic heterocycles. The normalized spacial score (nSPS) is 10.8. The third kappa shape index (κ3) is 5.86. The molecule has 6 heteroatoms. The van der Waals surface area contributed by atoms with Crippen molar-refractivity contribution in [1.29, 1.82) is 0 Å². The number of esters is 1. The number of rotatable bonds is 9. The Morgan fingerprint density at radius 1 is 1.03 bits per heavy atom. The molecular formula is C26H27NO4S. The molecule has 0 unspecified atom stereocenters. The molecule has 0 atom stereocenters. The highest BCUT2D eigenvalue weighted by Gasteiger charge is 2.21. The van der Waals surface area contributed by atoms with Crippen LogP contribution in [0.4, 0.5) is 5.00 Å².